The second-order valence-electron chi connectivity index (χ2n) is 3.82. The van der Waals surface area contributed by atoms with Gasteiger partial charge in [-0.15, -0.1) is 0 Å². The first kappa shape index (κ1) is 13.5. The monoisotopic (exact) mass is 274 g/mol. The number of halogens is 2. The van der Waals surface area contributed by atoms with Crippen LogP contribution >= 0.6 is 0 Å². The summed E-state index contributed by atoms with van der Waals surface area (Å²) in [4.78, 5) is 18.6. The fourth-order valence-corrected chi connectivity index (χ4v) is 1.44. The van der Waals surface area contributed by atoms with Gasteiger partial charge in [-0.3, -0.25) is 4.79 Å². The lowest BCUT2D eigenvalue weighted by Crippen LogP contribution is -2.25. The molecule has 0 radical (unpaired) electrons. The Bertz CT molecular complexity index is 680. The van der Waals surface area contributed by atoms with E-state index in [0.29, 0.717) is 5.56 Å². The van der Waals surface area contributed by atoms with Gasteiger partial charge in [-0.2, -0.15) is 9.65 Å². The van der Waals surface area contributed by atoms with Gasteiger partial charge < -0.3 is 5.32 Å². The number of nitriles is 1. The summed E-state index contributed by atoms with van der Waals surface area (Å²) in [6.45, 7) is 0.0804. The molecule has 0 aliphatic carbocycles. The van der Waals surface area contributed by atoms with E-state index in [1.807, 2.05) is 0 Å². The first-order chi connectivity index (χ1) is 9.60. The van der Waals surface area contributed by atoms with Crippen LogP contribution in [0, 0.1) is 23.1 Å². The zero-order valence-corrected chi connectivity index (χ0v) is 10.1. The van der Waals surface area contributed by atoms with Crippen LogP contribution in [0.25, 0.3) is 0 Å². The second kappa shape index (κ2) is 5.84. The van der Waals surface area contributed by atoms with Crippen molar-refractivity contribution >= 4 is 5.91 Å². The van der Waals surface area contributed by atoms with Crippen LogP contribution in [0.2, 0.25) is 0 Å². The predicted molar refractivity (Wildman–Crippen MR) is 64.3 cm³/mol. The molecule has 100 valence electrons. The molecule has 0 spiro atoms. The summed E-state index contributed by atoms with van der Waals surface area (Å²) < 4.78 is 26.0. The van der Waals surface area contributed by atoms with E-state index in [9.17, 15) is 13.6 Å². The lowest BCUT2D eigenvalue weighted by atomic mass is 10.2. The highest BCUT2D eigenvalue weighted by molar-refractivity contribution is 5.92. The minimum atomic E-state index is -1.05. The Morgan fingerprint density at radius 2 is 2.00 bits per heavy atom. The molecule has 1 N–H and O–H groups in total. The lowest BCUT2D eigenvalue weighted by molar-refractivity contribution is 0.0940. The smallest absolute Gasteiger partial charge is 0.274 e. The summed E-state index contributed by atoms with van der Waals surface area (Å²) in [6, 6.07) is 7.14. The number of carbonyl (C=O) groups is 1. The molecule has 0 saturated carbocycles. The van der Waals surface area contributed by atoms with E-state index in [-0.39, 0.29) is 12.2 Å². The summed E-state index contributed by atoms with van der Waals surface area (Å²) in [5.41, 5.74) is -0.0611. The van der Waals surface area contributed by atoms with E-state index in [4.69, 9.17) is 5.26 Å². The van der Waals surface area contributed by atoms with E-state index in [1.165, 1.54) is 24.3 Å². The Hall–Kier alpha value is -2.88. The average Bonchev–Trinajstić information content (AvgIpc) is 2.47. The molecule has 1 aromatic carbocycles. The van der Waals surface area contributed by atoms with Gasteiger partial charge >= 0.3 is 0 Å². The van der Waals surface area contributed by atoms with Crippen LogP contribution < -0.4 is 5.32 Å². The molecular formula is C13H8F2N4O. The molecule has 20 heavy (non-hydrogen) atoms. The normalized spacial score (nSPS) is 9.85. The first-order valence-electron chi connectivity index (χ1n) is 5.55. The van der Waals surface area contributed by atoms with Gasteiger partial charge in [-0.05, 0) is 17.7 Å². The minimum Gasteiger partial charge on any atom is -0.346 e. The van der Waals surface area contributed by atoms with Crippen molar-refractivity contribution in [3.8, 4) is 6.07 Å². The third-order valence-electron chi connectivity index (χ3n) is 2.42. The summed E-state index contributed by atoms with van der Waals surface area (Å²) in [7, 11) is 0. The quantitative estimate of drug-likeness (QED) is 0.921. The molecule has 0 saturated heterocycles. The summed E-state index contributed by atoms with van der Waals surface area (Å²) in [6.07, 6.45) is 0.937. The van der Waals surface area contributed by atoms with Crippen LogP contribution in [0.1, 0.15) is 21.7 Å². The lowest BCUT2D eigenvalue weighted by Gasteiger charge is -2.05. The van der Waals surface area contributed by atoms with Crippen LogP contribution in [0.5, 0.6) is 0 Å². The fourth-order valence-electron chi connectivity index (χ4n) is 1.44. The Balaban J connectivity index is 2.09. The van der Waals surface area contributed by atoms with Gasteiger partial charge in [0.1, 0.15) is 11.9 Å². The summed E-state index contributed by atoms with van der Waals surface area (Å²) in [5, 5.41) is 11.0. The van der Waals surface area contributed by atoms with E-state index in [2.05, 4.69) is 15.3 Å². The van der Waals surface area contributed by atoms with Gasteiger partial charge in [0.15, 0.2) is 11.4 Å². The Labute approximate surface area is 112 Å². The van der Waals surface area contributed by atoms with Crippen molar-refractivity contribution in [3.05, 3.63) is 59.2 Å². The highest BCUT2D eigenvalue weighted by atomic mass is 19.1. The number of hydrogen-bond donors (Lipinski definition) is 1. The molecule has 0 fully saturated rings. The van der Waals surface area contributed by atoms with Crippen LogP contribution in [0.15, 0.2) is 30.5 Å². The standard InChI is InChI=1S/C13H8F2N4O/c14-9-3-1-8(2-4-9)6-18-13(20)11-12(15)17-7-10(5-16)19-11/h1-4,7H,6H2,(H,18,20). The maximum atomic E-state index is 13.3. The van der Waals surface area contributed by atoms with Crippen molar-refractivity contribution in [2.24, 2.45) is 0 Å². The summed E-state index contributed by atoms with van der Waals surface area (Å²) >= 11 is 0. The number of nitrogens with one attached hydrogen (secondary N) is 1. The fraction of sp³-hybridized carbons (Fsp3) is 0.0769. The molecule has 5 nitrogen and oxygen atoms in total. The van der Waals surface area contributed by atoms with Gasteiger partial charge in [0.05, 0.1) is 6.20 Å². The third-order valence-corrected chi connectivity index (χ3v) is 2.42. The third kappa shape index (κ3) is 3.11. The minimum absolute atomic E-state index is 0.0804. The molecule has 2 aromatic rings. The van der Waals surface area contributed by atoms with E-state index in [1.54, 1.807) is 6.07 Å². The Kier molecular flexibility index (Phi) is 3.96. The molecule has 0 atom stereocenters. The van der Waals surface area contributed by atoms with Gasteiger partial charge in [-0.25, -0.2) is 14.4 Å². The second-order valence-corrected chi connectivity index (χ2v) is 3.82. The SMILES string of the molecule is N#Cc1cnc(F)c(C(=O)NCc2ccc(F)cc2)n1. The molecule has 2 rings (SSSR count). The van der Waals surface area contributed by atoms with Crippen LogP contribution in [0.3, 0.4) is 0 Å². The maximum Gasteiger partial charge on any atom is 0.274 e. The molecule has 0 unspecified atom stereocenters. The number of rotatable bonds is 3. The Morgan fingerprint density at radius 1 is 1.30 bits per heavy atom. The molecule has 1 heterocycles. The van der Waals surface area contributed by atoms with Gasteiger partial charge in [0.25, 0.3) is 5.91 Å². The van der Waals surface area contributed by atoms with Crippen LogP contribution in [-0.2, 0) is 6.54 Å². The topological polar surface area (TPSA) is 78.7 Å². The molecule has 0 aliphatic heterocycles. The zero-order chi connectivity index (χ0) is 14.5. The van der Waals surface area contributed by atoms with E-state index in [0.717, 1.165) is 6.20 Å². The predicted octanol–water partition coefficient (Wildman–Crippen LogP) is 1.56. The molecule has 1 amide bonds. The largest absolute Gasteiger partial charge is 0.346 e. The number of hydrogen-bond acceptors (Lipinski definition) is 4. The molecule has 0 aliphatic rings. The van der Waals surface area contributed by atoms with Gasteiger partial charge in [0.2, 0.25) is 5.95 Å². The molecule has 1 aromatic heterocycles. The average molecular weight is 274 g/mol. The van der Waals surface area contributed by atoms with E-state index >= 15 is 0 Å². The Morgan fingerprint density at radius 3 is 2.65 bits per heavy atom. The zero-order valence-electron chi connectivity index (χ0n) is 10.1. The van der Waals surface area contributed by atoms with Gasteiger partial charge in [0, 0.05) is 6.54 Å². The molecule has 7 heteroatoms. The number of benzene rings is 1. The highest BCUT2D eigenvalue weighted by Gasteiger charge is 2.15. The number of nitrogens with zero attached hydrogens (tertiary/aromatic N) is 3. The van der Waals surface area contributed by atoms with Crippen LogP contribution in [0.4, 0.5) is 8.78 Å². The van der Waals surface area contributed by atoms with Crippen molar-refractivity contribution in [3.63, 3.8) is 0 Å². The van der Waals surface area contributed by atoms with E-state index < -0.39 is 23.4 Å². The van der Waals surface area contributed by atoms with Crippen molar-refractivity contribution in [2.75, 3.05) is 0 Å². The van der Waals surface area contributed by atoms with Crippen molar-refractivity contribution in [1.82, 2.24) is 15.3 Å². The van der Waals surface area contributed by atoms with Crippen LogP contribution in [-0.4, -0.2) is 15.9 Å². The summed E-state index contributed by atoms with van der Waals surface area (Å²) in [5.74, 6) is -2.24. The highest BCUT2D eigenvalue weighted by Crippen LogP contribution is 2.05. The van der Waals surface area contributed by atoms with Gasteiger partial charge in [-0.1, -0.05) is 12.1 Å². The number of amides is 1. The van der Waals surface area contributed by atoms with Crippen molar-refractivity contribution in [1.29, 1.82) is 5.26 Å². The first-order valence-corrected chi connectivity index (χ1v) is 5.55. The molecular weight excluding hydrogens is 266 g/mol. The number of carbonyl (C=O) groups excluding carboxylic acids is 1. The number of aromatic nitrogens is 2. The van der Waals surface area contributed by atoms with Crippen molar-refractivity contribution in [2.45, 2.75) is 6.54 Å². The molecule has 0 bridgehead atoms. The van der Waals surface area contributed by atoms with Crippen molar-refractivity contribution < 1.29 is 13.6 Å². The maximum absolute atomic E-state index is 13.3.